The van der Waals surface area contributed by atoms with Crippen LogP contribution in [0.2, 0.25) is 0 Å². The first-order valence-electron chi connectivity index (χ1n) is 7.88. The second-order valence-corrected chi connectivity index (χ2v) is 9.05. The number of carbonyl (C=O) groups excluding carboxylic acids is 1. The smallest absolute Gasteiger partial charge is 0.252 e. The van der Waals surface area contributed by atoms with Gasteiger partial charge in [0.05, 0.1) is 5.92 Å². The lowest BCUT2D eigenvalue weighted by Crippen LogP contribution is -2.43. The largest absolute Gasteiger partial charge is 0.326 e. The number of carbonyl (C=O) groups is 1. The van der Waals surface area contributed by atoms with E-state index >= 15 is 0 Å². The minimum absolute atomic E-state index is 0.115. The SMILES string of the molecule is Cc1ccccc1NC(=O)[C@H]1CCCN(S(=O)(=O)c2cccs2)C1. The van der Waals surface area contributed by atoms with Crippen molar-refractivity contribution >= 4 is 33.0 Å². The first-order chi connectivity index (χ1) is 11.5. The Morgan fingerprint density at radius 3 is 2.75 bits per heavy atom. The molecule has 0 spiro atoms. The number of amides is 1. The van der Waals surface area contributed by atoms with Crippen LogP contribution in [-0.4, -0.2) is 31.7 Å². The number of benzene rings is 1. The average Bonchev–Trinajstić information content (AvgIpc) is 3.12. The fourth-order valence-corrected chi connectivity index (χ4v) is 5.53. The van der Waals surface area contributed by atoms with Gasteiger partial charge in [-0.25, -0.2) is 8.42 Å². The van der Waals surface area contributed by atoms with E-state index in [9.17, 15) is 13.2 Å². The lowest BCUT2D eigenvalue weighted by molar-refractivity contribution is -0.120. The van der Waals surface area contributed by atoms with Crippen LogP contribution in [0.25, 0.3) is 0 Å². The Kier molecular flexibility index (Phi) is 5.03. The van der Waals surface area contributed by atoms with Gasteiger partial charge in [-0.2, -0.15) is 4.31 Å². The predicted octanol–water partition coefficient (Wildman–Crippen LogP) is 3.10. The summed E-state index contributed by atoms with van der Waals surface area (Å²) in [6, 6.07) is 10.9. The number of sulfonamides is 1. The van der Waals surface area contributed by atoms with Crippen molar-refractivity contribution in [3.8, 4) is 0 Å². The van der Waals surface area contributed by atoms with E-state index in [1.807, 2.05) is 31.2 Å². The standard InChI is InChI=1S/C17H20N2O3S2/c1-13-6-2-3-8-15(13)18-17(20)14-7-4-10-19(12-14)24(21,22)16-9-5-11-23-16/h2-3,5-6,8-9,11,14H,4,7,10,12H2,1H3,(H,18,20)/t14-/m0/s1. The molecule has 24 heavy (non-hydrogen) atoms. The molecular formula is C17H20N2O3S2. The quantitative estimate of drug-likeness (QED) is 0.906. The maximum Gasteiger partial charge on any atom is 0.252 e. The van der Waals surface area contributed by atoms with E-state index in [1.165, 1.54) is 15.6 Å². The zero-order valence-electron chi connectivity index (χ0n) is 13.4. The summed E-state index contributed by atoms with van der Waals surface area (Å²) in [4.78, 5) is 12.5. The van der Waals surface area contributed by atoms with Gasteiger partial charge in [0.2, 0.25) is 5.91 Å². The van der Waals surface area contributed by atoms with Crippen LogP contribution in [0.15, 0.2) is 46.0 Å². The molecule has 128 valence electrons. The van der Waals surface area contributed by atoms with Crippen LogP contribution in [-0.2, 0) is 14.8 Å². The van der Waals surface area contributed by atoms with E-state index < -0.39 is 10.0 Å². The van der Waals surface area contributed by atoms with Crippen LogP contribution in [0.1, 0.15) is 18.4 Å². The fourth-order valence-electron chi connectivity index (χ4n) is 2.86. The van der Waals surface area contributed by atoms with Crippen molar-refractivity contribution in [2.75, 3.05) is 18.4 Å². The average molecular weight is 364 g/mol. The van der Waals surface area contributed by atoms with E-state index in [-0.39, 0.29) is 18.4 Å². The number of aryl methyl sites for hydroxylation is 1. The molecule has 0 bridgehead atoms. The normalized spacial score (nSPS) is 19.1. The molecule has 0 aliphatic carbocycles. The van der Waals surface area contributed by atoms with Crippen molar-refractivity contribution in [2.45, 2.75) is 24.0 Å². The summed E-state index contributed by atoms with van der Waals surface area (Å²) in [6.07, 6.45) is 1.39. The topological polar surface area (TPSA) is 66.5 Å². The maximum absolute atomic E-state index is 12.6. The van der Waals surface area contributed by atoms with Gasteiger partial charge in [-0.1, -0.05) is 24.3 Å². The highest BCUT2D eigenvalue weighted by Crippen LogP contribution is 2.27. The molecular weight excluding hydrogens is 344 g/mol. The summed E-state index contributed by atoms with van der Waals surface area (Å²) in [5.41, 5.74) is 1.77. The molecule has 1 aliphatic rings. The molecule has 3 rings (SSSR count). The third-order valence-electron chi connectivity index (χ3n) is 4.25. The second-order valence-electron chi connectivity index (χ2n) is 5.94. The molecule has 0 unspecified atom stereocenters. The summed E-state index contributed by atoms with van der Waals surface area (Å²) in [5.74, 6) is -0.441. The molecule has 0 saturated carbocycles. The first kappa shape index (κ1) is 17.1. The van der Waals surface area contributed by atoms with E-state index in [0.717, 1.165) is 11.3 Å². The Hall–Kier alpha value is -1.70. The Bertz CT molecular complexity index is 816. The summed E-state index contributed by atoms with van der Waals surface area (Å²) in [5, 5.41) is 4.68. The highest BCUT2D eigenvalue weighted by Gasteiger charge is 2.33. The number of hydrogen-bond donors (Lipinski definition) is 1. The highest BCUT2D eigenvalue weighted by atomic mass is 32.2. The Morgan fingerprint density at radius 2 is 2.04 bits per heavy atom. The van der Waals surface area contributed by atoms with Gasteiger partial charge >= 0.3 is 0 Å². The van der Waals surface area contributed by atoms with Crippen LogP contribution >= 0.6 is 11.3 Å². The summed E-state index contributed by atoms with van der Waals surface area (Å²) >= 11 is 1.21. The van der Waals surface area contributed by atoms with Gasteiger partial charge < -0.3 is 5.32 Å². The van der Waals surface area contributed by atoms with Crippen molar-refractivity contribution in [3.63, 3.8) is 0 Å². The molecule has 1 N–H and O–H groups in total. The lowest BCUT2D eigenvalue weighted by atomic mass is 9.98. The van der Waals surface area contributed by atoms with E-state index in [1.54, 1.807) is 17.5 Å². The third kappa shape index (κ3) is 3.53. The Morgan fingerprint density at radius 1 is 1.25 bits per heavy atom. The minimum Gasteiger partial charge on any atom is -0.326 e. The molecule has 1 amide bonds. The first-order valence-corrected chi connectivity index (χ1v) is 10.2. The molecule has 1 fully saturated rings. The molecule has 0 radical (unpaired) electrons. The van der Waals surface area contributed by atoms with Gasteiger partial charge in [0.1, 0.15) is 4.21 Å². The van der Waals surface area contributed by atoms with Crippen molar-refractivity contribution in [3.05, 3.63) is 47.3 Å². The van der Waals surface area contributed by atoms with Crippen LogP contribution in [0.3, 0.4) is 0 Å². The summed E-state index contributed by atoms with van der Waals surface area (Å²) in [7, 11) is -3.49. The zero-order chi connectivity index (χ0) is 17.2. The van der Waals surface area contributed by atoms with Gasteiger partial charge in [-0.05, 0) is 42.8 Å². The molecule has 1 aliphatic heterocycles. The van der Waals surface area contributed by atoms with Crippen molar-refractivity contribution < 1.29 is 13.2 Å². The molecule has 5 nitrogen and oxygen atoms in total. The van der Waals surface area contributed by atoms with Crippen molar-refractivity contribution in [2.24, 2.45) is 5.92 Å². The van der Waals surface area contributed by atoms with Gasteiger partial charge in [0.25, 0.3) is 10.0 Å². The van der Waals surface area contributed by atoms with E-state index in [4.69, 9.17) is 0 Å². The molecule has 2 aromatic rings. The number of nitrogens with one attached hydrogen (secondary N) is 1. The monoisotopic (exact) mass is 364 g/mol. The van der Waals surface area contributed by atoms with Crippen molar-refractivity contribution in [1.29, 1.82) is 0 Å². The molecule has 1 aromatic heterocycles. The number of anilines is 1. The molecule has 2 heterocycles. The van der Waals surface area contributed by atoms with Gasteiger partial charge in [0, 0.05) is 18.8 Å². The van der Waals surface area contributed by atoms with Crippen LogP contribution in [0.5, 0.6) is 0 Å². The predicted molar refractivity (Wildman–Crippen MR) is 95.6 cm³/mol. The number of nitrogens with zero attached hydrogens (tertiary/aromatic N) is 1. The number of piperidine rings is 1. The van der Waals surface area contributed by atoms with Crippen LogP contribution < -0.4 is 5.32 Å². The van der Waals surface area contributed by atoms with Crippen LogP contribution in [0.4, 0.5) is 5.69 Å². The van der Waals surface area contributed by atoms with Crippen LogP contribution in [0, 0.1) is 12.8 Å². The Balaban J connectivity index is 1.72. The second kappa shape index (κ2) is 7.04. The van der Waals surface area contributed by atoms with E-state index in [0.29, 0.717) is 23.6 Å². The Labute approximate surface area is 146 Å². The molecule has 7 heteroatoms. The highest BCUT2D eigenvalue weighted by molar-refractivity contribution is 7.91. The van der Waals surface area contributed by atoms with E-state index in [2.05, 4.69) is 5.32 Å². The molecule has 1 saturated heterocycles. The molecule has 1 aromatic carbocycles. The summed E-state index contributed by atoms with van der Waals surface area (Å²) < 4.78 is 27.0. The number of thiophene rings is 1. The van der Waals surface area contributed by atoms with Gasteiger partial charge in [0.15, 0.2) is 0 Å². The zero-order valence-corrected chi connectivity index (χ0v) is 15.1. The number of rotatable bonds is 4. The van der Waals surface area contributed by atoms with Gasteiger partial charge in [-0.3, -0.25) is 4.79 Å². The van der Waals surface area contributed by atoms with Gasteiger partial charge in [-0.15, -0.1) is 11.3 Å². The van der Waals surface area contributed by atoms with Crippen molar-refractivity contribution in [1.82, 2.24) is 4.31 Å². The molecule has 1 atom stereocenters. The minimum atomic E-state index is -3.49. The maximum atomic E-state index is 12.6. The summed E-state index contributed by atoms with van der Waals surface area (Å²) in [6.45, 7) is 2.64. The number of para-hydroxylation sites is 1. The fraction of sp³-hybridized carbons (Fsp3) is 0.353. The lowest BCUT2D eigenvalue weighted by Gasteiger charge is -2.30. The number of hydrogen-bond acceptors (Lipinski definition) is 4. The third-order valence-corrected chi connectivity index (χ3v) is 7.49.